The Morgan fingerprint density at radius 2 is 0.859 bits per heavy atom. The lowest BCUT2D eigenvalue weighted by Crippen LogP contribution is -2.61. The Morgan fingerprint density at radius 3 is 1.41 bits per heavy atom. The van der Waals surface area contributed by atoms with Crippen LogP contribution < -0.4 is 31.1 Å². The molecule has 0 aliphatic carbocycles. The van der Waals surface area contributed by atoms with E-state index in [0.29, 0.717) is 0 Å². The van der Waals surface area contributed by atoms with Crippen LogP contribution in [0.4, 0.5) is 51.2 Å². The molecule has 2 aliphatic heterocycles. The fourth-order valence-corrected chi connectivity index (χ4v) is 12.7. The minimum absolute atomic E-state index is 0.0145. The highest BCUT2D eigenvalue weighted by Gasteiger charge is 2.46. The van der Waals surface area contributed by atoms with E-state index in [2.05, 4.69) is 300 Å². The average Bonchev–Trinajstić information content (AvgIpc) is 3.16. The summed E-state index contributed by atoms with van der Waals surface area (Å²) in [6.07, 6.45) is 0. The first-order valence-electron chi connectivity index (χ1n) is 27.6. The second-order valence-electron chi connectivity index (χ2n) is 24.6. The third kappa shape index (κ3) is 7.44. The summed E-state index contributed by atoms with van der Waals surface area (Å²) in [6.45, 7) is 20.6. The third-order valence-electron chi connectivity index (χ3n) is 16.6. The average molecular weight is 1010 g/mol. The van der Waals surface area contributed by atoms with Crippen LogP contribution >= 0.6 is 0 Å². The zero-order valence-electron chi connectivity index (χ0n) is 46.1. The van der Waals surface area contributed by atoms with Crippen molar-refractivity contribution in [2.24, 2.45) is 0 Å². The molecule has 0 N–H and O–H groups in total. The van der Waals surface area contributed by atoms with Gasteiger partial charge in [-0.05, 0) is 140 Å². The summed E-state index contributed by atoms with van der Waals surface area (Å²) in [4.78, 5) is 7.58. The van der Waals surface area contributed by atoms with Crippen LogP contribution in [0.5, 0.6) is 0 Å². The first-order valence-corrected chi connectivity index (χ1v) is 27.6. The molecule has 4 heterocycles. The predicted molar refractivity (Wildman–Crippen MR) is 333 cm³/mol. The van der Waals surface area contributed by atoms with Crippen LogP contribution in [-0.2, 0) is 16.2 Å². The molecule has 0 saturated carbocycles. The fraction of sp³-hybridized carbons (Fsp3) is 0.167. The first-order chi connectivity index (χ1) is 37.6. The van der Waals surface area contributed by atoms with Crippen LogP contribution in [0.25, 0.3) is 49.4 Å². The van der Waals surface area contributed by atoms with Gasteiger partial charge in [-0.3, -0.25) is 0 Å². The normalized spacial score (nSPS) is 13.4. The highest BCUT2D eigenvalue weighted by Crippen LogP contribution is 2.52. The van der Waals surface area contributed by atoms with Crippen molar-refractivity contribution in [3.05, 3.63) is 235 Å². The number of aromatic nitrogens is 1. The standard InChI is InChI=1S/C72H63BN4O/c1-70(2,3)46-32-37-51(38-33-46)75-61-41-36-48(72(7,8)9)42-57(61)73-58-45-64(77-59-29-19-16-26-54(59)55-27-17-20-30-60(55)77)69-66(56-28-18-21-31-65(56)78-69)68(58)76(52-39-34-47(35-40-52)71(4,5)6)63-44-53(43-62(75)67(63)73)74(49-22-12-10-13-23-49)50-24-14-11-15-25-50/h10-45H,1-9H3. The quantitative estimate of drug-likeness (QED) is 0.155. The van der Waals surface area contributed by atoms with E-state index < -0.39 is 0 Å². The van der Waals surface area contributed by atoms with Crippen molar-refractivity contribution in [3.8, 4) is 5.69 Å². The smallest absolute Gasteiger partial charge is 0.252 e. The van der Waals surface area contributed by atoms with Crippen LogP contribution in [0.1, 0.15) is 79.0 Å². The van der Waals surface area contributed by atoms with Gasteiger partial charge in [0.15, 0.2) is 5.58 Å². The topological polar surface area (TPSA) is 27.8 Å². The highest BCUT2D eigenvalue weighted by atomic mass is 16.3. The lowest BCUT2D eigenvalue weighted by atomic mass is 9.33. The van der Waals surface area contributed by atoms with Crippen molar-refractivity contribution in [1.29, 1.82) is 0 Å². The van der Waals surface area contributed by atoms with Gasteiger partial charge in [-0.1, -0.05) is 190 Å². The van der Waals surface area contributed by atoms with E-state index in [1.165, 1.54) is 49.5 Å². The number of rotatable bonds is 6. The largest absolute Gasteiger partial charge is 0.454 e. The molecule has 0 atom stereocenters. The maximum atomic E-state index is 7.37. The van der Waals surface area contributed by atoms with Crippen molar-refractivity contribution in [3.63, 3.8) is 0 Å². The molecule has 2 aliphatic rings. The molecular weight excluding hydrogens is 948 g/mol. The summed E-state index contributed by atoms with van der Waals surface area (Å²) in [5, 5.41) is 4.60. The summed E-state index contributed by atoms with van der Waals surface area (Å²) in [5.74, 6) is 0. The van der Waals surface area contributed by atoms with Crippen LogP contribution in [0, 0.1) is 0 Å². The van der Waals surface area contributed by atoms with Crippen LogP contribution in [0.15, 0.2) is 223 Å². The van der Waals surface area contributed by atoms with Gasteiger partial charge in [0.1, 0.15) is 5.58 Å². The zero-order valence-corrected chi connectivity index (χ0v) is 46.1. The number of benzene rings is 10. The lowest BCUT2D eigenvalue weighted by molar-refractivity contribution is 0.590. The van der Waals surface area contributed by atoms with E-state index in [9.17, 15) is 0 Å². The molecule has 6 heteroatoms. The number of hydrogen-bond acceptors (Lipinski definition) is 4. The zero-order chi connectivity index (χ0) is 53.4. The van der Waals surface area contributed by atoms with Crippen molar-refractivity contribution in [1.82, 2.24) is 4.57 Å². The highest BCUT2D eigenvalue weighted by molar-refractivity contribution is 7.00. The molecule has 0 saturated heterocycles. The summed E-state index contributed by atoms with van der Waals surface area (Å²) in [5.41, 5.74) is 22.4. The van der Waals surface area contributed by atoms with Crippen molar-refractivity contribution in [2.45, 2.75) is 78.6 Å². The van der Waals surface area contributed by atoms with Gasteiger partial charge in [0, 0.05) is 56.0 Å². The SMILES string of the molecule is CC(C)(C)c1ccc(N2c3ccc(C(C)(C)C)cc3B3c4cc(-n5c6ccccc6c6ccccc65)c5oc6ccccc6c5c4N(c4ccc(C(C)(C)C)cc4)c4cc(N(c5ccccc5)c5ccccc5)cc2c43)cc1. The number of para-hydroxylation sites is 5. The van der Waals surface area contributed by atoms with Gasteiger partial charge in [-0.15, -0.1) is 0 Å². The molecule has 10 aromatic carbocycles. The second-order valence-corrected chi connectivity index (χ2v) is 24.6. The molecule has 0 amide bonds. The Bertz CT molecular complexity index is 4230. The van der Waals surface area contributed by atoms with E-state index in [1.54, 1.807) is 0 Å². The van der Waals surface area contributed by atoms with Crippen LogP contribution in [0.2, 0.25) is 0 Å². The minimum atomic E-state index is -0.196. The molecule has 0 bridgehead atoms. The Balaban J connectivity index is 1.18. The first kappa shape index (κ1) is 47.7. The molecule has 12 aromatic rings. The van der Waals surface area contributed by atoms with Crippen molar-refractivity contribution < 1.29 is 4.42 Å². The van der Waals surface area contributed by atoms with E-state index in [0.717, 1.165) is 84.2 Å². The summed E-state index contributed by atoms with van der Waals surface area (Å²) in [7, 11) is 0. The van der Waals surface area contributed by atoms with Gasteiger partial charge < -0.3 is 23.7 Å². The van der Waals surface area contributed by atoms with Crippen molar-refractivity contribution in [2.75, 3.05) is 14.7 Å². The molecular formula is C72H63BN4O. The van der Waals surface area contributed by atoms with E-state index in [-0.39, 0.29) is 23.0 Å². The van der Waals surface area contributed by atoms with Gasteiger partial charge in [-0.2, -0.15) is 0 Å². The Kier molecular flexibility index (Phi) is 10.6. The van der Waals surface area contributed by atoms with Gasteiger partial charge in [0.05, 0.1) is 33.5 Å². The molecule has 14 rings (SSSR count). The maximum Gasteiger partial charge on any atom is 0.252 e. The molecule has 0 fully saturated rings. The molecule has 0 spiro atoms. The number of nitrogens with zero attached hydrogens (tertiary/aromatic N) is 4. The number of anilines is 9. The number of furan rings is 1. The molecule has 0 radical (unpaired) electrons. The van der Waals surface area contributed by atoms with E-state index >= 15 is 0 Å². The van der Waals surface area contributed by atoms with Gasteiger partial charge in [0.25, 0.3) is 6.71 Å². The summed E-state index contributed by atoms with van der Waals surface area (Å²) >= 11 is 0. The van der Waals surface area contributed by atoms with Crippen LogP contribution in [-0.4, -0.2) is 11.3 Å². The van der Waals surface area contributed by atoms with Crippen molar-refractivity contribution >= 4 is 118 Å². The summed E-state index contributed by atoms with van der Waals surface area (Å²) < 4.78 is 9.84. The molecule has 0 unspecified atom stereocenters. The number of hydrogen-bond donors (Lipinski definition) is 0. The fourth-order valence-electron chi connectivity index (χ4n) is 12.7. The maximum absolute atomic E-state index is 7.37. The molecule has 5 nitrogen and oxygen atoms in total. The summed E-state index contributed by atoms with van der Waals surface area (Å²) in [6, 6.07) is 81.5. The predicted octanol–water partition coefficient (Wildman–Crippen LogP) is 18.1. The Hall–Kier alpha value is -8.74. The van der Waals surface area contributed by atoms with Gasteiger partial charge in [-0.25, -0.2) is 0 Å². The van der Waals surface area contributed by atoms with Crippen LogP contribution in [0.3, 0.4) is 0 Å². The lowest BCUT2D eigenvalue weighted by Gasteiger charge is -2.45. The van der Waals surface area contributed by atoms with E-state index in [4.69, 9.17) is 4.42 Å². The molecule has 2 aromatic heterocycles. The molecule has 380 valence electrons. The third-order valence-corrected chi connectivity index (χ3v) is 16.6. The monoisotopic (exact) mass is 1010 g/mol. The van der Waals surface area contributed by atoms with E-state index in [1.807, 2.05) is 0 Å². The van der Waals surface area contributed by atoms with Gasteiger partial charge in [0.2, 0.25) is 0 Å². The Labute approximate surface area is 458 Å². The second kappa shape index (κ2) is 17.4. The van der Waals surface area contributed by atoms with Gasteiger partial charge >= 0.3 is 0 Å². The minimum Gasteiger partial charge on any atom is -0.454 e. The Morgan fingerprint density at radius 1 is 0.385 bits per heavy atom. The number of fused-ring (bicyclic) bond motifs is 11. The molecule has 78 heavy (non-hydrogen) atoms.